The predicted octanol–water partition coefficient (Wildman–Crippen LogP) is 2.98. The van der Waals surface area contributed by atoms with E-state index in [0.29, 0.717) is 6.04 Å². The molecule has 1 aromatic carbocycles. The SMILES string of the molecule is CCCNC(C)CCOCc1ccccc1. The maximum atomic E-state index is 5.63. The van der Waals surface area contributed by atoms with Gasteiger partial charge in [0.15, 0.2) is 0 Å². The molecule has 0 radical (unpaired) electrons. The van der Waals surface area contributed by atoms with Gasteiger partial charge in [-0.2, -0.15) is 0 Å². The highest BCUT2D eigenvalue weighted by Crippen LogP contribution is 2.01. The number of hydrogen-bond acceptors (Lipinski definition) is 2. The van der Waals surface area contributed by atoms with E-state index in [1.807, 2.05) is 18.2 Å². The molecule has 0 fully saturated rings. The molecule has 0 saturated carbocycles. The maximum absolute atomic E-state index is 5.63. The number of benzene rings is 1. The Balaban J connectivity index is 2.03. The number of hydrogen-bond donors (Lipinski definition) is 1. The highest BCUT2D eigenvalue weighted by Gasteiger charge is 1.99. The average molecular weight is 221 g/mol. The van der Waals surface area contributed by atoms with E-state index in [9.17, 15) is 0 Å². The Morgan fingerprint density at radius 3 is 2.69 bits per heavy atom. The second kappa shape index (κ2) is 8.31. The summed E-state index contributed by atoms with van der Waals surface area (Å²) < 4.78 is 5.63. The lowest BCUT2D eigenvalue weighted by Crippen LogP contribution is -2.27. The largest absolute Gasteiger partial charge is 0.377 e. The normalized spacial score (nSPS) is 12.6. The third kappa shape index (κ3) is 5.89. The number of rotatable bonds is 8. The fourth-order valence-corrected chi connectivity index (χ4v) is 1.52. The molecule has 1 aromatic rings. The van der Waals surface area contributed by atoms with E-state index in [1.54, 1.807) is 0 Å². The van der Waals surface area contributed by atoms with E-state index < -0.39 is 0 Å². The maximum Gasteiger partial charge on any atom is 0.0716 e. The number of nitrogens with one attached hydrogen (secondary N) is 1. The van der Waals surface area contributed by atoms with Gasteiger partial charge in [0.25, 0.3) is 0 Å². The van der Waals surface area contributed by atoms with Gasteiger partial charge in [0, 0.05) is 12.6 Å². The predicted molar refractivity (Wildman–Crippen MR) is 68.5 cm³/mol. The standard InChI is InChI=1S/C14H23NO/c1-3-10-15-13(2)9-11-16-12-14-7-5-4-6-8-14/h4-8,13,15H,3,9-12H2,1-2H3. The fraction of sp³-hybridized carbons (Fsp3) is 0.571. The van der Waals surface area contributed by atoms with Gasteiger partial charge in [-0.05, 0) is 31.9 Å². The minimum absolute atomic E-state index is 0.552. The highest BCUT2D eigenvalue weighted by atomic mass is 16.5. The lowest BCUT2D eigenvalue weighted by atomic mass is 10.2. The number of ether oxygens (including phenoxy) is 1. The summed E-state index contributed by atoms with van der Waals surface area (Å²) in [6, 6.07) is 10.9. The summed E-state index contributed by atoms with van der Waals surface area (Å²) in [6.07, 6.45) is 2.27. The van der Waals surface area contributed by atoms with E-state index in [1.165, 1.54) is 12.0 Å². The van der Waals surface area contributed by atoms with Gasteiger partial charge in [-0.25, -0.2) is 0 Å². The Bertz CT molecular complexity index is 261. The van der Waals surface area contributed by atoms with E-state index >= 15 is 0 Å². The van der Waals surface area contributed by atoms with Crippen molar-refractivity contribution in [3.05, 3.63) is 35.9 Å². The van der Waals surface area contributed by atoms with Gasteiger partial charge in [-0.3, -0.25) is 0 Å². The summed E-state index contributed by atoms with van der Waals surface area (Å²) in [7, 11) is 0. The molecule has 2 nitrogen and oxygen atoms in total. The second-order valence-corrected chi connectivity index (χ2v) is 4.18. The highest BCUT2D eigenvalue weighted by molar-refractivity contribution is 5.13. The van der Waals surface area contributed by atoms with Gasteiger partial charge in [0.05, 0.1) is 6.61 Å². The van der Waals surface area contributed by atoms with Crippen LogP contribution in [0, 0.1) is 0 Å². The zero-order valence-electron chi connectivity index (χ0n) is 10.4. The molecular weight excluding hydrogens is 198 g/mol. The van der Waals surface area contributed by atoms with Gasteiger partial charge in [0.2, 0.25) is 0 Å². The quantitative estimate of drug-likeness (QED) is 0.681. The zero-order valence-corrected chi connectivity index (χ0v) is 10.4. The molecule has 0 saturated heterocycles. The monoisotopic (exact) mass is 221 g/mol. The minimum atomic E-state index is 0.552. The van der Waals surface area contributed by atoms with Crippen molar-refractivity contribution < 1.29 is 4.74 Å². The molecule has 1 N–H and O–H groups in total. The Morgan fingerprint density at radius 2 is 2.00 bits per heavy atom. The molecule has 0 aliphatic rings. The van der Waals surface area contributed by atoms with E-state index in [4.69, 9.17) is 4.74 Å². The van der Waals surface area contributed by atoms with Gasteiger partial charge >= 0.3 is 0 Å². The molecule has 16 heavy (non-hydrogen) atoms. The van der Waals surface area contributed by atoms with Crippen molar-refractivity contribution >= 4 is 0 Å². The molecule has 0 aliphatic heterocycles. The van der Waals surface area contributed by atoms with Crippen LogP contribution in [0.1, 0.15) is 32.3 Å². The van der Waals surface area contributed by atoms with Crippen LogP contribution in [-0.4, -0.2) is 19.2 Å². The first kappa shape index (κ1) is 13.2. The van der Waals surface area contributed by atoms with Crippen LogP contribution in [-0.2, 0) is 11.3 Å². The Kier molecular flexibility index (Phi) is 6.86. The molecular formula is C14H23NO. The van der Waals surface area contributed by atoms with Gasteiger partial charge in [-0.15, -0.1) is 0 Å². The summed E-state index contributed by atoms with van der Waals surface area (Å²) in [5, 5.41) is 3.45. The van der Waals surface area contributed by atoms with Crippen LogP contribution in [0.5, 0.6) is 0 Å². The zero-order chi connectivity index (χ0) is 11.6. The molecule has 0 amide bonds. The first-order valence-electron chi connectivity index (χ1n) is 6.18. The van der Waals surface area contributed by atoms with Crippen LogP contribution in [0.25, 0.3) is 0 Å². The van der Waals surface area contributed by atoms with Crippen molar-refractivity contribution in [2.24, 2.45) is 0 Å². The molecule has 0 heterocycles. The van der Waals surface area contributed by atoms with Crippen molar-refractivity contribution in [3.63, 3.8) is 0 Å². The van der Waals surface area contributed by atoms with Crippen molar-refractivity contribution in [2.45, 2.75) is 39.3 Å². The molecule has 1 unspecified atom stereocenters. The van der Waals surface area contributed by atoms with Crippen molar-refractivity contribution in [1.29, 1.82) is 0 Å². The Hall–Kier alpha value is -0.860. The minimum Gasteiger partial charge on any atom is -0.377 e. The molecule has 0 aliphatic carbocycles. The van der Waals surface area contributed by atoms with Crippen LogP contribution in [0.15, 0.2) is 30.3 Å². The first-order chi connectivity index (χ1) is 7.83. The summed E-state index contributed by atoms with van der Waals surface area (Å²) in [6.45, 7) is 7.04. The summed E-state index contributed by atoms with van der Waals surface area (Å²) in [5.74, 6) is 0. The fourth-order valence-electron chi connectivity index (χ4n) is 1.52. The third-order valence-corrected chi connectivity index (χ3v) is 2.55. The Labute approximate surface area is 99.0 Å². The van der Waals surface area contributed by atoms with Crippen LogP contribution < -0.4 is 5.32 Å². The third-order valence-electron chi connectivity index (χ3n) is 2.55. The molecule has 1 rings (SSSR count). The molecule has 0 spiro atoms. The molecule has 0 aromatic heterocycles. The molecule has 90 valence electrons. The second-order valence-electron chi connectivity index (χ2n) is 4.18. The smallest absolute Gasteiger partial charge is 0.0716 e. The summed E-state index contributed by atoms with van der Waals surface area (Å²) >= 11 is 0. The van der Waals surface area contributed by atoms with E-state index in [0.717, 1.165) is 26.2 Å². The van der Waals surface area contributed by atoms with E-state index in [2.05, 4.69) is 31.3 Å². The Morgan fingerprint density at radius 1 is 1.25 bits per heavy atom. The van der Waals surface area contributed by atoms with Crippen LogP contribution in [0.2, 0.25) is 0 Å². The van der Waals surface area contributed by atoms with Crippen LogP contribution in [0.3, 0.4) is 0 Å². The van der Waals surface area contributed by atoms with Gasteiger partial charge in [-0.1, -0.05) is 37.3 Å². The van der Waals surface area contributed by atoms with E-state index in [-0.39, 0.29) is 0 Å². The summed E-state index contributed by atoms with van der Waals surface area (Å²) in [4.78, 5) is 0. The van der Waals surface area contributed by atoms with Gasteiger partial charge < -0.3 is 10.1 Å². The topological polar surface area (TPSA) is 21.3 Å². The molecule has 2 heteroatoms. The first-order valence-corrected chi connectivity index (χ1v) is 6.18. The summed E-state index contributed by atoms with van der Waals surface area (Å²) in [5.41, 5.74) is 1.25. The lowest BCUT2D eigenvalue weighted by molar-refractivity contribution is 0.112. The molecule has 0 bridgehead atoms. The van der Waals surface area contributed by atoms with Crippen LogP contribution in [0.4, 0.5) is 0 Å². The lowest BCUT2D eigenvalue weighted by Gasteiger charge is -2.13. The molecule has 1 atom stereocenters. The average Bonchev–Trinajstić information content (AvgIpc) is 2.33. The van der Waals surface area contributed by atoms with Crippen molar-refractivity contribution in [1.82, 2.24) is 5.32 Å². The van der Waals surface area contributed by atoms with Gasteiger partial charge in [0.1, 0.15) is 0 Å². The van der Waals surface area contributed by atoms with Crippen LogP contribution >= 0.6 is 0 Å². The van der Waals surface area contributed by atoms with Crippen molar-refractivity contribution in [2.75, 3.05) is 13.2 Å². The van der Waals surface area contributed by atoms with Crippen molar-refractivity contribution in [3.8, 4) is 0 Å².